The molecule has 0 aliphatic heterocycles. The Hall–Kier alpha value is 0.170. The third kappa shape index (κ3) is 5.15. The Morgan fingerprint density at radius 2 is 2.00 bits per heavy atom. The van der Waals surface area contributed by atoms with E-state index in [9.17, 15) is 9.46 Å². The van der Waals surface area contributed by atoms with E-state index in [0.29, 0.717) is 5.69 Å². The van der Waals surface area contributed by atoms with Crippen LogP contribution in [0, 0.1) is 0 Å². The summed E-state index contributed by atoms with van der Waals surface area (Å²) in [4.78, 5) is 9.19. The predicted octanol–water partition coefficient (Wildman–Crippen LogP) is 1.85. The molecule has 0 aliphatic carbocycles. The Morgan fingerprint density at radius 1 is 1.43 bits per heavy atom. The van der Waals surface area contributed by atoms with E-state index in [0.717, 1.165) is 0 Å². The average Bonchev–Trinajstić information content (AvgIpc) is 2.04. The zero-order chi connectivity index (χ0) is 9.73. The van der Waals surface area contributed by atoms with Gasteiger partial charge in [0.15, 0.2) is 0 Å². The molecule has 4 nitrogen and oxygen atoms in total. The molecule has 1 unspecified atom stereocenters. The molecule has 1 rings (SSSR count). The van der Waals surface area contributed by atoms with Gasteiger partial charge >= 0.3 is 7.75 Å². The second-order valence-corrected chi connectivity index (χ2v) is 3.94. The van der Waals surface area contributed by atoms with Crippen molar-refractivity contribution in [3.8, 4) is 0 Å². The maximum atomic E-state index is 11.2. The van der Waals surface area contributed by atoms with Crippen molar-refractivity contribution in [2.24, 2.45) is 0 Å². The molecule has 0 bridgehead atoms. The Morgan fingerprint density at radius 3 is 2.50 bits per heavy atom. The van der Waals surface area contributed by atoms with Crippen LogP contribution in [0.15, 0.2) is 30.3 Å². The van der Waals surface area contributed by atoms with Crippen LogP contribution in [-0.2, 0) is 9.09 Å². The number of para-hydroxylation sites is 1. The van der Waals surface area contributed by atoms with Crippen LogP contribution in [0.5, 0.6) is 0 Å². The van der Waals surface area contributed by atoms with E-state index < -0.39 is 7.75 Å². The van der Waals surface area contributed by atoms with Gasteiger partial charge in [-0.3, -0.25) is 9.61 Å². The third-order valence-electron chi connectivity index (χ3n) is 1.35. The first-order chi connectivity index (χ1) is 6.14. The average molecular weight is 224 g/mol. The van der Waals surface area contributed by atoms with E-state index in [-0.39, 0.29) is 36.2 Å². The standard InChI is InChI=1S/C8H12NO3P.Na/c1-2-12-13(10,11)9-8-6-4-3-5-7-8;/h3-7H,2H2,1H3,(H2,9,10,11);. The van der Waals surface area contributed by atoms with Crippen molar-refractivity contribution in [2.75, 3.05) is 11.7 Å². The Bertz CT molecular complexity index is 307. The summed E-state index contributed by atoms with van der Waals surface area (Å²) in [5.41, 5.74) is 0.571. The Kier molecular flexibility index (Phi) is 6.70. The molecule has 2 N–H and O–H groups in total. The summed E-state index contributed by atoms with van der Waals surface area (Å²) < 4.78 is 15.8. The van der Waals surface area contributed by atoms with Crippen LogP contribution in [0.1, 0.15) is 6.92 Å². The number of anilines is 1. The van der Waals surface area contributed by atoms with Gasteiger partial charge in [-0.15, -0.1) is 0 Å². The first kappa shape index (κ1) is 14.2. The number of hydrogen-bond donors (Lipinski definition) is 2. The molecule has 14 heavy (non-hydrogen) atoms. The van der Waals surface area contributed by atoms with Crippen molar-refractivity contribution < 1.29 is 14.0 Å². The number of hydrogen-bond acceptors (Lipinski definition) is 2. The minimum atomic E-state index is -3.66. The van der Waals surface area contributed by atoms with Crippen LogP contribution in [0.25, 0.3) is 0 Å². The zero-order valence-corrected chi connectivity index (χ0v) is 11.2. The number of rotatable bonds is 4. The zero-order valence-electron chi connectivity index (χ0n) is 8.30. The van der Waals surface area contributed by atoms with Crippen LogP contribution >= 0.6 is 7.75 Å². The van der Waals surface area contributed by atoms with Gasteiger partial charge in [-0.05, 0) is 19.1 Å². The molecule has 1 atom stereocenters. The molecule has 1 aromatic rings. The summed E-state index contributed by atoms with van der Waals surface area (Å²) in [6.45, 7) is 1.86. The van der Waals surface area contributed by atoms with Crippen LogP contribution in [-0.4, -0.2) is 41.1 Å². The Balaban J connectivity index is 0.00000169. The van der Waals surface area contributed by atoms with Crippen molar-refractivity contribution in [2.45, 2.75) is 6.92 Å². The molecule has 0 fully saturated rings. The topological polar surface area (TPSA) is 58.6 Å². The minimum Gasteiger partial charge on any atom is -0.308 e. The van der Waals surface area contributed by atoms with Gasteiger partial charge in [0.05, 0.1) is 6.61 Å². The molecule has 6 heteroatoms. The van der Waals surface area contributed by atoms with Gasteiger partial charge in [0.25, 0.3) is 0 Å². The van der Waals surface area contributed by atoms with Crippen molar-refractivity contribution in [1.82, 2.24) is 0 Å². The van der Waals surface area contributed by atoms with E-state index >= 15 is 0 Å². The van der Waals surface area contributed by atoms with Crippen LogP contribution < -0.4 is 5.09 Å². The van der Waals surface area contributed by atoms with Crippen molar-refractivity contribution >= 4 is 43.0 Å². The fourth-order valence-corrected chi connectivity index (χ4v) is 1.77. The third-order valence-corrected chi connectivity index (χ3v) is 2.50. The van der Waals surface area contributed by atoms with Crippen LogP contribution in [0.2, 0.25) is 0 Å². The molecule has 0 saturated heterocycles. The molecule has 73 valence electrons. The molecule has 0 spiro atoms. The largest absolute Gasteiger partial charge is 0.430 e. The molecular formula is C8H12NNaO3P. The maximum absolute atomic E-state index is 11.2. The second kappa shape index (κ2) is 6.62. The monoisotopic (exact) mass is 224 g/mol. The molecule has 1 aromatic carbocycles. The maximum Gasteiger partial charge on any atom is 0.430 e. The van der Waals surface area contributed by atoms with E-state index in [1.807, 2.05) is 6.07 Å². The molecule has 0 heterocycles. The summed E-state index contributed by atoms with van der Waals surface area (Å²) in [5.74, 6) is 0. The van der Waals surface area contributed by atoms with Crippen LogP contribution in [0.3, 0.4) is 0 Å². The first-order valence-corrected chi connectivity index (χ1v) is 5.52. The van der Waals surface area contributed by atoms with Crippen molar-refractivity contribution in [1.29, 1.82) is 0 Å². The van der Waals surface area contributed by atoms with Gasteiger partial charge < -0.3 is 4.89 Å². The molecule has 0 aliphatic rings. The van der Waals surface area contributed by atoms with Gasteiger partial charge in [-0.1, -0.05) is 18.2 Å². The summed E-state index contributed by atoms with van der Waals surface area (Å²) in [6, 6.07) is 8.76. The van der Waals surface area contributed by atoms with Crippen molar-refractivity contribution in [3.05, 3.63) is 30.3 Å². The van der Waals surface area contributed by atoms with E-state index in [1.165, 1.54) is 0 Å². The first-order valence-electron chi connectivity index (χ1n) is 3.95. The number of nitrogens with one attached hydrogen (secondary N) is 1. The Labute approximate surface area is 106 Å². The second-order valence-electron chi connectivity index (χ2n) is 2.42. The van der Waals surface area contributed by atoms with E-state index in [1.54, 1.807) is 31.2 Å². The molecular weight excluding hydrogens is 212 g/mol. The van der Waals surface area contributed by atoms with Gasteiger partial charge in [0.1, 0.15) is 0 Å². The SMILES string of the molecule is CCOP(=O)(O)Nc1ccccc1.[Na]. The number of benzene rings is 1. The fourth-order valence-electron chi connectivity index (χ4n) is 0.883. The predicted molar refractivity (Wildman–Crippen MR) is 57.3 cm³/mol. The van der Waals surface area contributed by atoms with E-state index in [2.05, 4.69) is 9.61 Å². The van der Waals surface area contributed by atoms with Gasteiger partial charge in [0, 0.05) is 35.2 Å². The summed E-state index contributed by atoms with van der Waals surface area (Å²) >= 11 is 0. The fraction of sp³-hybridized carbons (Fsp3) is 0.250. The van der Waals surface area contributed by atoms with Crippen molar-refractivity contribution in [3.63, 3.8) is 0 Å². The van der Waals surface area contributed by atoms with Crippen LogP contribution in [0.4, 0.5) is 5.69 Å². The smallest absolute Gasteiger partial charge is 0.308 e. The summed E-state index contributed by atoms with van der Waals surface area (Å²) in [6.07, 6.45) is 0. The quantitative estimate of drug-likeness (QED) is 0.605. The summed E-state index contributed by atoms with van der Waals surface area (Å²) in [5, 5.41) is 2.41. The normalized spacial score (nSPS) is 13.9. The van der Waals surface area contributed by atoms with Gasteiger partial charge in [0.2, 0.25) is 0 Å². The summed E-state index contributed by atoms with van der Waals surface area (Å²) in [7, 11) is -3.66. The molecule has 0 saturated carbocycles. The molecule has 0 amide bonds. The minimum absolute atomic E-state index is 0. The van der Waals surface area contributed by atoms with E-state index in [4.69, 9.17) is 0 Å². The van der Waals surface area contributed by atoms with Gasteiger partial charge in [-0.25, -0.2) is 4.57 Å². The molecule has 0 aromatic heterocycles. The molecule has 1 radical (unpaired) electrons. The van der Waals surface area contributed by atoms with Gasteiger partial charge in [-0.2, -0.15) is 0 Å².